The van der Waals surface area contributed by atoms with Crippen molar-refractivity contribution in [1.82, 2.24) is 4.31 Å². The lowest BCUT2D eigenvalue weighted by molar-refractivity contribution is 0.0702. The molecule has 0 aliphatic heterocycles. The Hall–Kier alpha value is -0.920. The van der Waals surface area contributed by atoms with Crippen LogP contribution in [0.4, 0.5) is 0 Å². The summed E-state index contributed by atoms with van der Waals surface area (Å²) < 4.78 is 26.5. The Morgan fingerprint density at radius 2 is 2.16 bits per heavy atom. The van der Waals surface area contributed by atoms with Gasteiger partial charge in [0.15, 0.2) is 0 Å². The van der Waals surface area contributed by atoms with Gasteiger partial charge in [-0.1, -0.05) is 6.92 Å². The van der Waals surface area contributed by atoms with E-state index in [4.69, 9.17) is 5.11 Å². The second-order valence-corrected chi connectivity index (χ2v) is 7.98. The minimum absolute atomic E-state index is 0.0569. The maximum absolute atomic E-state index is 12.5. The molecule has 0 amide bonds. The maximum Gasteiger partial charge on any atom is 0.345 e. The fourth-order valence-electron chi connectivity index (χ4n) is 1.85. The van der Waals surface area contributed by atoms with Crippen molar-refractivity contribution in [3.8, 4) is 0 Å². The number of aromatic carboxylic acids is 1. The third kappa shape index (κ3) is 3.34. The van der Waals surface area contributed by atoms with Gasteiger partial charge in [-0.25, -0.2) is 13.2 Å². The molecule has 1 aliphatic rings. The molecule has 1 aromatic heterocycles. The van der Waals surface area contributed by atoms with Crippen molar-refractivity contribution < 1.29 is 18.3 Å². The van der Waals surface area contributed by atoms with Crippen LogP contribution >= 0.6 is 11.3 Å². The van der Waals surface area contributed by atoms with E-state index in [0.29, 0.717) is 19.0 Å². The van der Waals surface area contributed by atoms with Crippen LogP contribution < -0.4 is 0 Å². The van der Waals surface area contributed by atoms with Gasteiger partial charge in [0, 0.05) is 13.1 Å². The summed E-state index contributed by atoms with van der Waals surface area (Å²) in [5.41, 5.74) is 0. The Morgan fingerprint density at radius 1 is 1.47 bits per heavy atom. The SMILES string of the molecule is CCCN(CC1CC1)S(=O)(=O)c1ccc(C(=O)O)s1. The van der Waals surface area contributed by atoms with Crippen LogP contribution in [0.5, 0.6) is 0 Å². The molecule has 1 saturated carbocycles. The average molecular weight is 303 g/mol. The summed E-state index contributed by atoms with van der Waals surface area (Å²) in [6.07, 6.45) is 2.92. The summed E-state index contributed by atoms with van der Waals surface area (Å²) in [4.78, 5) is 10.9. The van der Waals surface area contributed by atoms with E-state index in [1.165, 1.54) is 16.4 Å². The molecule has 0 unspecified atom stereocenters. The van der Waals surface area contributed by atoms with E-state index >= 15 is 0 Å². The first-order chi connectivity index (χ1) is 8.95. The second kappa shape index (κ2) is 5.60. The van der Waals surface area contributed by atoms with Crippen LogP contribution in [0.25, 0.3) is 0 Å². The lowest BCUT2D eigenvalue weighted by atomic mass is 10.4. The Morgan fingerprint density at radius 3 is 2.63 bits per heavy atom. The number of nitrogens with zero attached hydrogens (tertiary/aromatic N) is 1. The van der Waals surface area contributed by atoms with Crippen LogP contribution in [0.2, 0.25) is 0 Å². The van der Waals surface area contributed by atoms with Gasteiger partial charge in [-0.2, -0.15) is 4.31 Å². The number of carboxylic acid groups (broad SMARTS) is 1. The molecule has 0 atom stereocenters. The monoisotopic (exact) mass is 303 g/mol. The van der Waals surface area contributed by atoms with Crippen molar-refractivity contribution >= 4 is 27.3 Å². The smallest absolute Gasteiger partial charge is 0.345 e. The third-order valence-corrected chi connectivity index (χ3v) is 6.42. The van der Waals surface area contributed by atoms with E-state index in [1.807, 2.05) is 6.92 Å². The van der Waals surface area contributed by atoms with Crippen LogP contribution in [-0.2, 0) is 10.0 Å². The minimum Gasteiger partial charge on any atom is -0.477 e. The Labute approximate surface area is 116 Å². The molecule has 1 fully saturated rings. The zero-order valence-corrected chi connectivity index (χ0v) is 12.3. The molecule has 1 aromatic rings. The van der Waals surface area contributed by atoms with Gasteiger partial charge in [-0.3, -0.25) is 0 Å². The van der Waals surface area contributed by atoms with Gasteiger partial charge in [0.05, 0.1) is 0 Å². The zero-order chi connectivity index (χ0) is 14.0. The second-order valence-electron chi connectivity index (χ2n) is 4.73. The number of thiophene rings is 1. The molecule has 1 N–H and O–H groups in total. The molecule has 0 aromatic carbocycles. The molecular weight excluding hydrogens is 286 g/mol. The van der Waals surface area contributed by atoms with Crippen LogP contribution in [0, 0.1) is 5.92 Å². The summed E-state index contributed by atoms with van der Waals surface area (Å²) in [6, 6.07) is 2.74. The Kier molecular flexibility index (Phi) is 4.27. The van der Waals surface area contributed by atoms with Crippen LogP contribution in [0.1, 0.15) is 35.9 Å². The van der Waals surface area contributed by atoms with Crippen molar-refractivity contribution in [2.75, 3.05) is 13.1 Å². The van der Waals surface area contributed by atoms with E-state index in [9.17, 15) is 13.2 Å². The van der Waals surface area contributed by atoms with E-state index in [-0.39, 0.29) is 9.09 Å². The molecule has 2 rings (SSSR count). The highest BCUT2D eigenvalue weighted by molar-refractivity contribution is 7.91. The molecule has 0 radical (unpaired) electrons. The standard InChI is InChI=1S/C12H17NO4S2/c1-2-7-13(8-9-3-4-9)19(16,17)11-6-5-10(18-11)12(14)15/h5-6,9H,2-4,7-8H2,1H3,(H,14,15). The minimum atomic E-state index is -3.54. The summed E-state index contributed by atoms with van der Waals surface area (Å²) in [7, 11) is -3.54. The fraction of sp³-hybridized carbons (Fsp3) is 0.583. The molecule has 19 heavy (non-hydrogen) atoms. The van der Waals surface area contributed by atoms with Gasteiger partial charge in [0.1, 0.15) is 9.09 Å². The van der Waals surface area contributed by atoms with Gasteiger partial charge in [0.2, 0.25) is 0 Å². The summed E-state index contributed by atoms with van der Waals surface area (Å²) in [5, 5.41) is 8.86. The van der Waals surface area contributed by atoms with Gasteiger partial charge >= 0.3 is 5.97 Å². The van der Waals surface area contributed by atoms with Crippen LogP contribution in [-0.4, -0.2) is 36.9 Å². The molecule has 0 saturated heterocycles. The van der Waals surface area contributed by atoms with Gasteiger partial charge in [-0.15, -0.1) is 11.3 Å². The zero-order valence-electron chi connectivity index (χ0n) is 10.7. The van der Waals surface area contributed by atoms with Gasteiger partial charge in [0.25, 0.3) is 10.0 Å². The molecule has 1 heterocycles. The lowest BCUT2D eigenvalue weighted by Gasteiger charge is -2.20. The highest BCUT2D eigenvalue weighted by Crippen LogP contribution is 2.33. The lowest BCUT2D eigenvalue weighted by Crippen LogP contribution is -2.33. The van der Waals surface area contributed by atoms with Gasteiger partial charge < -0.3 is 5.11 Å². The number of carbonyl (C=O) groups is 1. The number of hydrogen-bond acceptors (Lipinski definition) is 4. The summed E-state index contributed by atoms with van der Waals surface area (Å²) in [5.74, 6) is -0.615. The first-order valence-corrected chi connectivity index (χ1v) is 8.54. The van der Waals surface area contributed by atoms with Crippen molar-refractivity contribution in [3.63, 3.8) is 0 Å². The van der Waals surface area contributed by atoms with Crippen molar-refractivity contribution in [1.29, 1.82) is 0 Å². The molecule has 0 bridgehead atoms. The number of hydrogen-bond donors (Lipinski definition) is 1. The first kappa shape index (κ1) is 14.5. The normalized spacial score (nSPS) is 15.9. The first-order valence-electron chi connectivity index (χ1n) is 6.28. The van der Waals surface area contributed by atoms with Crippen LogP contribution in [0.15, 0.2) is 16.3 Å². The Bertz CT molecular complexity index is 560. The average Bonchev–Trinajstić information content (AvgIpc) is 3.01. The molecule has 5 nitrogen and oxygen atoms in total. The highest BCUT2D eigenvalue weighted by atomic mass is 32.2. The predicted molar refractivity (Wildman–Crippen MR) is 73.1 cm³/mol. The van der Waals surface area contributed by atoms with Gasteiger partial charge in [-0.05, 0) is 37.3 Å². The van der Waals surface area contributed by atoms with Crippen molar-refractivity contribution in [2.24, 2.45) is 5.92 Å². The molecule has 7 heteroatoms. The summed E-state index contributed by atoms with van der Waals surface area (Å²) >= 11 is 0.820. The van der Waals surface area contributed by atoms with Crippen LogP contribution in [0.3, 0.4) is 0 Å². The predicted octanol–water partition coefficient (Wildman–Crippen LogP) is 2.26. The summed E-state index contributed by atoms with van der Waals surface area (Å²) in [6.45, 7) is 2.97. The number of carboxylic acids is 1. The molecule has 1 aliphatic carbocycles. The van der Waals surface area contributed by atoms with E-state index < -0.39 is 16.0 Å². The largest absolute Gasteiger partial charge is 0.477 e. The molecule has 106 valence electrons. The van der Waals surface area contributed by atoms with E-state index in [2.05, 4.69) is 0 Å². The van der Waals surface area contributed by atoms with Crippen molar-refractivity contribution in [2.45, 2.75) is 30.4 Å². The topological polar surface area (TPSA) is 74.7 Å². The fourth-order valence-corrected chi connectivity index (χ4v) is 4.76. The van der Waals surface area contributed by atoms with E-state index in [0.717, 1.165) is 30.6 Å². The molecule has 0 spiro atoms. The maximum atomic E-state index is 12.5. The quantitative estimate of drug-likeness (QED) is 0.838. The molecular formula is C12H17NO4S2. The third-order valence-electron chi connectivity index (χ3n) is 3.02. The Balaban J connectivity index is 2.23. The van der Waals surface area contributed by atoms with Crippen molar-refractivity contribution in [3.05, 3.63) is 17.0 Å². The number of rotatable bonds is 7. The highest BCUT2D eigenvalue weighted by Gasteiger charge is 2.32. The number of sulfonamides is 1. The van der Waals surface area contributed by atoms with E-state index in [1.54, 1.807) is 0 Å².